The first-order valence-electron chi connectivity index (χ1n) is 6.52. The zero-order chi connectivity index (χ0) is 15.7. The van der Waals surface area contributed by atoms with E-state index in [4.69, 9.17) is 4.74 Å². The number of aromatic nitrogens is 2. The van der Waals surface area contributed by atoms with E-state index < -0.39 is 4.92 Å². The van der Waals surface area contributed by atoms with Gasteiger partial charge in [0.25, 0.3) is 5.88 Å². The SMILES string of the molecule is Cc1nn(C(C)C)c(Oc2cccc(O)c2C)c1[N+](=O)[O-]. The predicted octanol–water partition coefficient (Wildman–Crippen LogP) is 3.49. The molecule has 2 rings (SSSR count). The number of phenols is 1. The van der Waals surface area contributed by atoms with Crippen molar-refractivity contribution in [3.63, 3.8) is 0 Å². The lowest BCUT2D eigenvalue weighted by Gasteiger charge is -2.12. The molecule has 0 unspecified atom stereocenters. The van der Waals surface area contributed by atoms with E-state index in [1.54, 1.807) is 26.0 Å². The number of nitrogens with zero attached hydrogens (tertiary/aromatic N) is 3. The minimum absolute atomic E-state index is 0.0706. The van der Waals surface area contributed by atoms with Crippen molar-refractivity contribution in [1.82, 2.24) is 9.78 Å². The van der Waals surface area contributed by atoms with Gasteiger partial charge < -0.3 is 9.84 Å². The number of rotatable bonds is 4. The fourth-order valence-corrected chi connectivity index (χ4v) is 1.99. The summed E-state index contributed by atoms with van der Waals surface area (Å²) >= 11 is 0. The summed E-state index contributed by atoms with van der Waals surface area (Å²) in [6.07, 6.45) is 0. The molecule has 0 amide bonds. The second kappa shape index (κ2) is 5.43. The molecule has 0 atom stereocenters. The molecule has 1 aromatic carbocycles. The average Bonchev–Trinajstić information content (AvgIpc) is 2.72. The van der Waals surface area contributed by atoms with Gasteiger partial charge in [-0.2, -0.15) is 5.10 Å². The van der Waals surface area contributed by atoms with Crippen molar-refractivity contribution < 1.29 is 14.8 Å². The summed E-state index contributed by atoms with van der Waals surface area (Å²) in [6.45, 7) is 6.97. The lowest BCUT2D eigenvalue weighted by Crippen LogP contribution is -2.06. The van der Waals surface area contributed by atoms with Crippen molar-refractivity contribution in [2.45, 2.75) is 33.7 Å². The van der Waals surface area contributed by atoms with E-state index in [0.717, 1.165) is 0 Å². The maximum Gasteiger partial charge on any atom is 0.353 e. The van der Waals surface area contributed by atoms with Crippen LogP contribution in [-0.4, -0.2) is 19.8 Å². The monoisotopic (exact) mass is 291 g/mol. The summed E-state index contributed by atoms with van der Waals surface area (Å²) in [7, 11) is 0. The Labute approximate surface area is 121 Å². The van der Waals surface area contributed by atoms with Gasteiger partial charge in [-0.15, -0.1) is 0 Å². The van der Waals surface area contributed by atoms with E-state index in [2.05, 4.69) is 5.10 Å². The maximum atomic E-state index is 11.2. The van der Waals surface area contributed by atoms with Crippen LogP contribution in [0.5, 0.6) is 17.4 Å². The van der Waals surface area contributed by atoms with Gasteiger partial charge in [-0.3, -0.25) is 10.1 Å². The van der Waals surface area contributed by atoms with E-state index in [1.807, 2.05) is 13.8 Å². The van der Waals surface area contributed by atoms with Crippen LogP contribution < -0.4 is 4.74 Å². The summed E-state index contributed by atoms with van der Waals surface area (Å²) in [5.41, 5.74) is 0.647. The Bertz CT molecular complexity index is 692. The third kappa shape index (κ3) is 2.67. The number of aryl methyl sites for hydroxylation is 1. The highest BCUT2D eigenvalue weighted by atomic mass is 16.6. The third-order valence-electron chi connectivity index (χ3n) is 3.14. The van der Waals surface area contributed by atoms with E-state index >= 15 is 0 Å². The molecule has 2 aromatic rings. The van der Waals surface area contributed by atoms with Gasteiger partial charge in [0.1, 0.15) is 17.2 Å². The van der Waals surface area contributed by atoms with Crippen LogP contribution >= 0.6 is 0 Å². The number of nitro groups is 1. The van der Waals surface area contributed by atoms with Crippen LogP contribution in [0.3, 0.4) is 0 Å². The number of ether oxygens (including phenoxy) is 1. The van der Waals surface area contributed by atoms with Crippen molar-refractivity contribution in [1.29, 1.82) is 0 Å². The van der Waals surface area contributed by atoms with Crippen molar-refractivity contribution >= 4 is 5.69 Å². The third-order valence-corrected chi connectivity index (χ3v) is 3.14. The van der Waals surface area contributed by atoms with Gasteiger partial charge in [-0.05, 0) is 39.8 Å². The minimum atomic E-state index is -0.505. The van der Waals surface area contributed by atoms with Gasteiger partial charge in [0.15, 0.2) is 0 Å². The Hall–Kier alpha value is -2.57. The smallest absolute Gasteiger partial charge is 0.353 e. The standard InChI is InChI=1S/C14H17N3O4/c1-8(2)16-14(13(17(19)20)10(4)15-16)21-12-7-5-6-11(18)9(12)3/h5-8,18H,1-4H3. The van der Waals surface area contributed by atoms with Crippen molar-refractivity contribution in [2.24, 2.45) is 0 Å². The zero-order valence-electron chi connectivity index (χ0n) is 12.3. The summed E-state index contributed by atoms with van der Waals surface area (Å²) in [6, 6.07) is 4.70. The molecule has 0 spiro atoms. The molecule has 0 bridgehead atoms. The predicted molar refractivity (Wildman–Crippen MR) is 76.9 cm³/mol. The highest BCUT2D eigenvalue weighted by Gasteiger charge is 2.29. The van der Waals surface area contributed by atoms with Gasteiger partial charge in [-0.1, -0.05) is 6.07 Å². The molecule has 21 heavy (non-hydrogen) atoms. The number of phenolic OH excluding ortho intramolecular Hbond substituents is 1. The Morgan fingerprint density at radius 2 is 2.05 bits per heavy atom. The number of hydrogen-bond donors (Lipinski definition) is 1. The molecule has 0 aliphatic carbocycles. The van der Waals surface area contributed by atoms with Crippen LogP contribution in [0.1, 0.15) is 31.1 Å². The van der Waals surface area contributed by atoms with Crippen LogP contribution in [0.2, 0.25) is 0 Å². The van der Waals surface area contributed by atoms with Crippen LogP contribution in [0, 0.1) is 24.0 Å². The normalized spacial score (nSPS) is 10.9. The summed E-state index contributed by atoms with van der Waals surface area (Å²) in [4.78, 5) is 10.7. The van der Waals surface area contributed by atoms with E-state index in [-0.39, 0.29) is 23.4 Å². The summed E-state index contributed by atoms with van der Waals surface area (Å²) < 4.78 is 7.16. The van der Waals surface area contributed by atoms with Crippen molar-refractivity contribution in [3.8, 4) is 17.4 Å². The van der Waals surface area contributed by atoms with E-state index in [1.165, 1.54) is 10.7 Å². The largest absolute Gasteiger partial charge is 0.508 e. The van der Waals surface area contributed by atoms with Gasteiger partial charge in [0.2, 0.25) is 0 Å². The lowest BCUT2D eigenvalue weighted by molar-refractivity contribution is -0.386. The molecule has 1 aromatic heterocycles. The van der Waals surface area contributed by atoms with Crippen LogP contribution in [0.15, 0.2) is 18.2 Å². The quantitative estimate of drug-likeness (QED) is 0.687. The second-order valence-electron chi connectivity index (χ2n) is 5.04. The van der Waals surface area contributed by atoms with E-state index in [9.17, 15) is 15.2 Å². The number of benzene rings is 1. The molecule has 1 N–H and O–H groups in total. The van der Waals surface area contributed by atoms with E-state index in [0.29, 0.717) is 17.0 Å². The molecule has 7 heteroatoms. The number of aromatic hydroxyl groups is 1. The Morgan fingerprint density at radius 1 is 1.38 bits per heavy atom. The molecular formula is C14H17N3O4. The maximum absolute atomic E-state index is 11.2. The summed E-state index contributed by atoms with van der Waals surface area (Å²) in [5.74, 6) is 0.503. The average molecular weight is 291 g/mol. The zero-order valence-corrected chi connectivity index (χ0v) is 12.3. The Kier molecular flexibility index (Phi) is 3.84. The van der Waals surface area contributed by atoms with Gasteiger partial charge in [-0.25, -0.2) is 4.68 Å². The van der Waals surface area contributed by atoms with Crippen LogP contribution in [0.25, 0.3) is 0 Å². The first-order valence-corrected chi connectivity index (χ1v) is 6.52. The first-order chi connectivity index (χ1) is 9.82. The van der Waals surface area contributed by atoms with Gasteiger partial charge in [0.05, 0.1) is 11.0 Å². The fraction of sp³-hybridized carbons (Fsp3) is 0.357. The van der Waals surface area contributed by atoms with Crippen molar-refractivity contribution in [2.75, 3.05) is 0 Å². The molecule has 0 aliphatic rings. The molecule has 0 radical (unpaired) electrons. The van der Waals surface area contributed by atoms with Crippen LogP contribution in [0.4, 0.5) is 5.69 Å². The van der Waals surface area contributed by atoms with Crippen molar-refractivity contribution in [3.05, 3.63) is 39.6 Å². The molecule has 0 saturated heterocycles. The minimum Gasteiger partial charge on any atom is -0.508 e. The molecular weight excluding hydrogens is 274 g/mol. The Morgan fingerprint density at radius 3 is 2.62 bits per heavy atom. The molecule has 112 valence electrons. The number of hydrogen-bond acceptors (Lipinski definition) is 5. The van der Waals surface area contributed by atoms with Crippen LogP contribution in [-0.2, 0) is 0 Å². The fourth-order valence-electron chi connectivity index (χ4n) is 1.99. The summed E-state index contributed by atoms with van der Waals surface area (Å²) in [5, 5.41) is 25.1. The highest BCUT2D eigenvalue weighted by Crippen LogP contribution is 2.38. The molecule has 0 saturated carbocycles. The topological polar surface area (TPSA) is 90.4 Å². The van der Waals surface area contributed by atoms with Gasteiger partial charge >= 0.3 is 5.69 Å². The molecule has 1 heterocycles. The molecule has 0 aliphatic heterocycles. The lowest BCUT2D eigenvalue weighted by atomic mass is 10.2. The van der Waals surface area contributed by atoms with Gasteiger partial charge in [0, 0.05) is 5.56 Å². The first kappa shape index (κ1) is 14.8. The molecule has 7 nitrogen and oxygen atoms in total. The highest BCUT2D eigenvalue weighted by molar-refractivity contribution is 5.50. The molecule has 0 fully saturated rings. The second-order valence-corrected chi connectivity index (χ2v) is 5.04. The Balaban J connectivity index is 2.57.